The highest BCUT2D eigenvalue weighted by molar-refractivity contribution is 7.99. The van der Waals surface area contributed by atoms with Crippen molar-refractivity contribution in [3.8, 4) is 11.5 Å². The number of ketones is 1. The van der Waals surface area contributed by atoms with Crippen molar-refractivity contribution in [1.29, 1.82) is 0 Å². The number of Topliss-reactive ketones (excluding diaryl/α,β-unsaturated/α-hetero) is 1. The van der Waals surface area contributed by atoms with Crippen LogP contribution >= 0.6 is 11.8 Å². The zero-order valence-electron chi connectivity index (χ0n) is 20.7. The van der Waals surface area contributed by atoms with E-state index < -0.39 is 11.9 Å². The Morgan fingerprint density at radius 3 is 2.68 bits per heavy atom. The van der Waals surface area contributed by atoms with Crippen molar-refractivity contribution >= 4 is 23.5 Å². The van der Waals surface area contributed by atoms with E-state index in [0.717, 1.165) is 22.8 Å². The first kappa shape index (κ1) is 26.2. The number of methoxy groups -OCH3 is 1. The molecule has 3 rings (SSSR count). The van der Waals surface area contributed by atoms with E-state index >= 15 is 0 Å². The van der Waals surface area contributed by atoms with Crippen LogP contribution in [0.3, 0.4) is 0 Å². The van der Waals surface area contributed by atoms with Gasteiger partial charge in [0.05, 0.1) is 19.3 Å². The van der Waals surface area contributed by atoms with Crippen LogP contribution in [0.15, 0.2) is 40.7 Å². The van der Waals surface area contributed by atoms with Crippen LogP contribution in [-0.4, -0.2) is 55.3 Å². The second-order valence-corrected chi connectivity index (χ2v) is 10.6. The Morgan fingerprint density at radius 1 is 1.24 bits per heavy atom. The van der Waals surface area contributed by atoms with Gasteiger partial charge >= 0.3 is 5.97 Å². The number of nitrogens with one attached hydrogen (secondary N) is 1. The maximum atomic E-state index is 13.4. The Hall–Kier alpha value is -2.45. The highest BCUT2D eigenvalue weighted by Crippen LogP contribution is 2.47. The van der Waals surface area contributed by atoms with Crippen molar-refractivity contribution in [3.63, 3.8) is 0 Å². The number of carbonyl (C=O) groups excluding carboxylic acids is 2. The zero-order chi connectivity index (χ0) is 24.9. The van der Waals surface area contributed by atoms with E-state index in [4.69, 9.17) is 19.3 Å². The normalized spacial score (nSPS) is 19.5. The van der Waals surface area contributed by atoms with E-state index in [-0.39, 0.29) is 24.4 Å². The number of ether oxygens (including phenoxy) is 3. The van der Waals surface area contributed by atoms with Crippen LogP contribution in [-0.2, 0) is 14.3 Å². The molecule has 0 amide bonds. The summed E-state index contributed by atoms with van der Waals surface area (Å²) in [5, 5.41) is 12.5. The van der Waals surface area contributed by atoms with Crippen LogP contribution in [0.4, 0.5) is 0 Å². The van der Waals surface area contributed by atoms with Gasteiger partial charge in [-0.05, 0) is 42.2 Å². The van der Waals surface area contributed by atoms with Gasteiger partial charge < -0.3 is 24.6 Å². The Balaban J connectivity index is 2.06. The molecule has 1 aromatic rings. The number of hydrogen-bond acceptors (Lipinski definition) is 8. The second kappa shape index (κ2) is 11.3. The maximum absolute atomic E-state index is 13.4. The number of benzene rings is 1. The molecule has 0 unspecified atom stereocenters. The summed E-state index contributed by atoms with van der Waals surface area (Å²) in [6.45, 7) is 8.41. The molecule has 0 spiro atoms. The first-order chi connectivity index (χ1) is 16.2. The molecule has 0 saturated carbocycles. The number of allylic oxidation sites excluding steroid dienone is 3. The van der Waals surface area contributed by atoms with Crippen LogP contribution in [0.25, 0.3) is 0 Å². The topological polar surface area (TPSA) is 94.1 Å². The highest BCUT2D eigenvalue weighted by Gasteiger charge is 2.43. The van der Waals surface area contributed by atoms with E-state index in [9.17, 15) is 9.59 Å². The van der Waals surface area contributed by atoms with Gasteiger partial charge in [-0.3, -0.25) is 4.79 Å². The summed E-state index contributed by atoms with van der Waals surface area (Å²) in [5.41, 5.74) is 3.21. The maximum Gasteiger partial charge on any atom is 0.336 e. The van der Waals surface area contributed by atoms with Crippen LogP contribution < -0.4 is 14.8 Å². The third kappa shape index (κ3) is 5.78. The summed E-state index contributed by atoms with van der Waals surface area (Å²) >= 11 is 1.71. The van der Waals surface area contributed by atoms with Gasteiger partial charge in [0.25, 0.3) is 0 Å². The van der Waals surface area contributed by atoms with Crippen LogP contribution in [0.5, 0.6) is 11.5 Å². The SMILES string of the molecule is CCSCCOC(=O)C1=C(C)NC2=C(C(=O)CC(C)(C)C2)[C@@H]1c1ccc(OCCO)c(OC)c1. The van der Waals surface area contributed by atoms with Gasteiger partial charge in [-0.2, -0.15) is 11.8 Å². The molecule has 0 radical (unpaired) electrons. The fourth-order valence-electron chi connectivity index (χ4n) is 4.59. The number of esters is 1. The number of rotatable bonds is 10. The minimum absolute atomic E-state index is 0.0302. The lowest BCUT2D eigenvalue weighted by Gasteiger charge is -2.39. The van der Waals surface area contributed by atoms with Crippen molar-refractivity contribution in [2.45, 2.75) is 46.5 Å². The fraction of sp³-hybridized carbons (Fsp3) is 0.538. The minimum Gasteiger partial charge on any atom is -0.493 e. The quantitative estimate of drug-likeness (QED) is 0.377. The molecule has 34 heavy (non-hydrogen) atoms. The monoisotopic (exact) mass is 489 g/mol. The summed E-state index contributed by atoms with van der Waals surface area (Å²) in [7, 11) is 1.54. The molecule has 0 aromatic heterocycles. The van der Waals surface area contributed by atoms with Gasteiger partial charge in [-0.25, -0.2) is 4.79 Å². The van der Waals surface area contributed by atoms with E-state index in [1.54, 1.807) is 23.9 Å². The first-order valence-corrected chi connectivity index (χ1v) is 12.8. The average Bonchev–Trinajstić information content (AvgIpc) is 2.78. The lowest BCUT2D eigenvalue weighted by Crippen LogP contribution is -2.38. The molecule has 1 heterocycles. The van der Waals surface area contributed by atoms with Gasteiger partial charge in [0.15, 0.2) is 17.3 Å². The lowest BCUT2D eigenvalue weighted by atomic mass is 9.68. The van der Waals surface area contributed by atoms with Crippen molar-refractivity contribution < 1.29 is 28.9 Å². The third-order valence-electron chi connectivity index (χ3n) is 5.99. The van der Waals surface area contributed by atoms with Crippen molar-refractivity contribution in [1.82, 2.24) is 5.32 Å². The summed E-state index contributed by atoms with van der Waals surface area (Å²) in [4.78, 5) is 26.7. The number of hydrogen-bond donors (Lipinski definition) is 2. The number of aliphatic hydroxyl groups is 1. The van der Waals surface area contributed by atoms with Gasteiger partial charge in [0.2, 0.25) is 0 Å². The molecule has 1 aromatic carbocycles. The Bertz CT molecular complexity index is 997. The number of dihydropyridines is 1. The first-order valence-electron chi connectivity index (χ1n) is 11.6. The molecule has 1 aliphatic heterocycles. The van der Waals surface area contributed by atoms with Crippen molar-refractivity contribution in [3.05, 3.63) is 46.3 Å². The molecule has 186 valence electrons. The number of thioether (sulfide) groups is 1. The van der Waals surface area contributed by atoms with E-state index in [1.165, 1.54) is 7.11 Å². The predicted molar refractivity (Wildman–Crippen MR) is 133 cm³/mol. The summed E-state index contributed by atoms with van der Waals surface area (Å²) in [6, 6.07) is 5.39. The molecular formula is C26H35NO6S. The molecule has 8 heteroatoms. The van der Waals surface area contributed by atoms with Crippen LogP contribution in [0.2, 0.25) is 0 Å². The largest absolute Gasteiger partial charge is 0.493 e. The molecule has 2 aliphatic rings. The highest BCUT2D eigenvalue weighted by atomic mass is 32.2. The average molecular weight is 490 g/mol. The number of carbonyl (C=O) groups is 2. The van der Waals surface area contributed by atoms with Crippen molar-refractivity contribution in [2.75, 3.05) is 38.4 Å². The summed E-state index contributed by atoms with van der Waals surface area (Å²) < 4.78 is 16.7. The van der Waals surface area contributed by atoms with Crippen LogP contribution in [0, 0.1) is 5.41 Å². The Morgan fingerprint density at radius 2 is 2.00 bits per heavy atom. The predicted octanol–water partition coefficient (Wildman–Crippen LogP) is 3.97. The number of aliphatic hydroxyl groups excluding tert-OH is 1. The third-order valence-corrected chi connectivity index (χ3v) is 6.86. The second-order valence-electron chi connectivity index (χ2n) is 9.25. The molecule has 0 bridgehead atoms. The fourth-order valence-corrected chi connectivity index (χ4v) is 5.08. The zero-order valence-corrected chi connectivity index (χ0v) is 21.5. The minimum atomic E-state index is -0.563. The molecule has 0 saturated heterocycles. The van der Waals surface area contributed by atoms with E-state index in [0.29, 0.717) is 47.8 Å². The van der Waals surface area contributed by atoms with Gasteiger partial charge in [-0.1, -0.05) is 26.8 Å². The molecule has 2 N–H and O–H groups in total. The van der Waals surface area contributed by atoms with Gasteiger partial charge in [0, 0.05) is 35.1 Å². The molecule has 0 fully saturated rings. The molecule has 1 atom stereocenters. The molecule has 7 nitrogen and oxygen atoms in total. The Labute approximate surface area is 205 Å². The Kier molecular flexibility index (Phi) is 8.71. The van der Waals surface area contributed by atoms with E-state index in [1.807, 2.05) is 13.0 Å². The lowest BCUT2D eigenvalue weighted by molar-refractivity contribution is -0.138. The molecule has 1 aliphatic carbocycles. The summed E-state index contributed by atoms with van der Waals surface area (Å²) in [5.74, 6) is 1.68. The van der Waals surface area contributed by atoms with E-state index in [2.05, 4.69) is 26.1 Å². The van der Waals surface area contributed by atoms with Gasteiger partial charge in [-0.15, -0.1) is 0 Å². The summed E-state index contributed by atoms with van der Waals surface area (Å²) in [6.07, 6.45) is 1.12. The van der Waals surface area contributed by atoms with Gasteiger partial charge in [0.1, 0.15) is 13.2 Å². The van der Waals surface area contributed by atoms with Crippen LogP contribution in [0.1, 0.15) is 52.0 Å². The smallest absolute Gasteiger partial charge is 0.336 e. The molecular weight excluding hydrogens is 454 g/mol. The standard InChI is InChI=1S/C26H35NO6S/c1-6-34-12-11-33-25(30)22-16(2)27-18-14-26(3,4)15-19(29)24(18)23(22)17-7-8-20(32-10-9-28)21(13-17)31-5/h7-8,13,23,27-28H,6,9-12,14-15H2,1-5H3/t23-/m1/s1. The van der Waals surface area contributed by atoms with Crippen molar-refractivity contribution in [2.24, 2.45) is 5.41 Å².